The Balaban J connectivity index is 1.67. The van der Waals surface area contributed by atoms with Crippen LogP contribution in [-0.4, -0.2) is 21.9 Å². The highest BCUT2D eigenvalue weighted by Crippen LogP contribution is 2.18. The first-order valence-electron chi connectivity index (χ1n) is 7.51. The van der Waals surface area contributed by atoms with E-state index in [1.54, 1.807) is 12.4 Å². The Morgan fingerprint density at radius 2 is 1.67 bits per heavy atom. The molecule has 1 aromatic carbocycles. The number of amides is 1. The quantitative estimate of drug-likeness (QED) is 0.940. The van der Waals surface area contributed by atoms with E-state index < -0.39 is 0 Å². The summed E-state index contributed by atoms with van der Waals surface area (Å²) in [4.78, 5) is 20.8. The largest absolute Gasteiger partial charge is 0.349 e. The lowest BCUT2D eigenvalue weighted by molar-refractivity contribution is 0.0927. The monoisotopic (exact) mass is 281 g/mol. The molecule has 0 spiro atoms. The average Bonchev–Trinajstić information content (AvgIpc) is 2.57. The van der Waals surface area contributed by atoms with Crippen LogP contribution < -0.4 is 5.32 Å². The Kier molecular flexibility index (Phi) is 4.24. The second kappa shape index (κ2) is 6.48. The van der Waals surface area contributed by atoms with Crippen LogP contribution in [0.1, 0.15) is 42.5 Å². The molecule has 108 valence electrons. The summed E-state index contributed by atoms with van der Waals surface area (Å²) < 4.78 is 0. The number of nitrogens with one attached hydrogen (secondary N) is 1. The van der Waals surface area contributed by atoms with Crippen LogP contribution in [0.3, 0.4) is 0 Å². The Hall–Kier alpha value is -2.23. The molecule has 1 saturated carbocycles. The molecule has 1 aliphatic carbocycles. The minimum Gasteiger partial charge on any atom is -0.349 e. The van der Waals surface area contributed by atoms with E-state index in [2.05, 4.69) is 15.3 Å². The third kappa shape index (κ3) is 3.45. The standard InChI is InChI=1S/C17H19N3O/c21-17(20-15-9-5-2-6-10-15)14-11-18-16(19-12-14)13-7-3-1-4-8-13/h1,3-4,7-8,11-12,15H,2,5-6,9-10H2,(H,20,21). The number of rotatable bonds is 3. The maximum absolute atomic E-state index is 12.2. The molecule has 3 rings (SSSR count). The van der Waals surface area contributed by atoms with Crippen molar-refractivity contribution in [1.29, 1.82) is 0 Å². The Labute approximate surface area is 124 Å². The first-order valence-corrected chi connectivity index (χ1v) is 7.51. The number of nitrogens with zero attached hydrogens (tertiary/aromatic N) is 2. The number of carbonyl (C=O) groups is 1. The van der Waals surface area contributed by atoms with Gasteiger partial charge in [-0.05, 0) is 12.8 Å². The lowest BCUT2D eigenvalue weighted by atomic mass is 9.95. The topological polar surface area (TPSA) is 54.9 Å². The Morgan fingerprint density at radius 1 is 1.00 bits per heavy atom. The van der Waals surface area contributed by atoms with Crippen LogP contribution in [0.15, 0.2) is 42.7 Å². The molecule has 21 heavy (non-hydrogen) atoms. The van der Waals surface area contributed by atoms with E-state index in [4.69, 9.17) is 0 Å². The minimum atomic E-state index is -0.0680. The fraction of sp³-hybridized carbons (Fsp3) is 0.353. The molecule has 2 aromatic rings. The van der Waals surface area contributed by atoms with Crippen LogP contribution in [0.2, 0.25) is 0 Å². The summed E-state index contributed by atoms with van der Waals surface area (Å²) in [6, 6.07) is 10.1. The number of carbonyl (C=O) groups excluding carboxylic acids is 1. The second-order valence-electron chi connectivity index (χ2n) is 5.47. The second-order valence-corrected chi connectivity index (χ2v) is 5.47. The van der Waals surface area contributed by atoms with E-state index in [0.29, 0.717) is 17.4 Å². The highest BCUT2D eigenvalue weighted by Gasteiger charge is 2.17. The summed E-state index contributed by atoms with van der Waals surface area (Å²) in [6.07, 6.45) is 9.05. The summed E-state index contributed by atoms with van der Waals surface area (Å²) in [6.45, 7) is 0. The summed E-state index contributed by atoms with van der Waals surface area (Å²) in [7, 11) is 0. The van der Waals surface area contributed by atoms with E-state index in [9.17, 15) is 4.79 Å². The van der Waals surface area contributed by atoms with Gasteiger partial charge in [0.25, 0.3) is 5.91 Å². The van der Waals surface area contributed by atoms with Crippen molar-refractivity contribution in [2.45, 2.75) is 38.1 Å². The zero-order valence-electron chi connectivity index (χ0n) is 12.0. The maximum atomic E-state index is 12.2. The lowest BCUT2D eigenvalue weighted by Gasteiger charge is -2.22. The van der Waals surface area contributed by atoms with Crippen molar-refractivity contribution in [2.24, 2.45) is 0 Å². The molecule has 0 radical (unpaired) electrons. The molecule has 4 nitrogen and oxygen atoms in total. The van der Waals surface area contributed by atoms with Gasteiger partial charge < -0.3 is 5.32 Å². The fourth-order valence-corrected chi connectivity index (χ4v) is 2.70. The van der Waals surface area contributed by atoms with Crippen LogP contribution in [0.25, 0.3) is 11.4 Å². The minimum absolute atomic E-state index is 0.0680. The predicted octanol–water partition coefficient (Wildman–Crippen LogP) is 3.21. The van der Waals surface area contributed by atoms with Gasteiger partial charge in [-0.15, -0.1) is 0 Å². The molecule has 0 unspecified atom stereocenters. The zero-order valence-corrected chi connectivity index (χ0v) is 12.0. The van der Waals surface area contributed by atoms with Gasteiger partial charge in [0, 0.05) is 24.0 Å². The number of benzene rings is 1. The van der Waals surface area contributed by atoms with E-state index >= 15 is 0 Å². The smallest absolute Gasteiger partial charge is 0.254 e. The number of hydrogen-bond donors (Lipinski definition) is 1. The predicted molar refractivity (Wildman–Crippen MR) is 81.8 cm³/mol. The van der Waals surface area contributed by atoms with Crippen LogP contribution in [0.5, 0.6) is 0 Å². The van der Waals surface area contributed by atoms with Crippen LogP contribution in [0.4, 0.5) is 0 Å². The maximum Gasteiger partial charge on any atom is 0.254 e. The molecule has 1 amide bonds. The number of aromatic nitrogens is 2. The SMILES string of the molecule is O=C(NC1CCCCC1)c1cnc(-c2ccccc2)nc1. The molecule has 0 bridgehead atoms. The summed E-state index contributed by atoms with van der Waals surface area (Å²) in [5.74, 6) is 0.575. The van der Waals surface area contributed by atoms with E-state index in [-0.39, 0.29) is 5.91 Å². The van der Waals surface area contributed by atoms with Gasteiger partial charge >= 0.3 is 0 Å². The molecule has 0 saturated heterocycles. The van der Waals surface area contributed by atoms with Crippen LogP contribution in [-0.2, 0) is 0 Å². The molecule has 4 heteroatoms. The average molecular weight is 281 g/mol. The van der Waals surface area contributed by atoms with Gasteiger partial charge in [-0.2, -0.15) is 0 Å². The Morgan fingerprint density at radius 3 is 2.33 bits per heavy atom. The molecule has 0 aliphatic heterocycles. The molecular formula is C17H19N3O. The van der Waals surface area contributed by atoms with Crippen molar-refractivity contribution in [3.8, 4) is 11.4 Å². The van der Waals surface area contributed by atoms with Crippen molar-refractivity contribution in [3.63, 3.8) is 0 Å². The van der Waals surface area contributed by atoms with Crippen molar-refractivity contribution in [1.82, 2.24) is 15.3 Å². The van der Waals surface area contributed by atoms with Gasteiger partial charge in [0.1, 0.15) is 0 Å². The first-order chi connectivity index (χ1) is 10.3. The number of hydrogen-bond acceptors (Lipinski definition) is 3. The van der Waals surface area contributed by atoms with Gasteiger partial charge in [0.2, 0.25) is 0 Å². The zero-order chi connectivity index (χ0) is 14.5. The normalized spacial score (nSPS) is 15.6. The van der Waals surface area contributed by atoms with Gasteiger partial charge in [-0.1, -0.05) is 49.6 Å². The van der Waals surface area contributed by atoms with Gasteiger partial charge in [0.05, 0.1) is 5.56 Å². The fourth-order valence-electron chi connectivity index (χ4n) is 2.70. The van der Waals surface area contributed by atoms with Crippen LogP contribution >= 0.6 is 0 Å². The molecule has 1 aromatic heterocycles. The van der Waals surface area contributed by atoms with E-state index in [1.807, 2.05) is 30.3 Å². The molecule has 1 N–H and O–H groups in total. The third-order valence-electron chi connectivity index (χ3n) is 3.89. The highest BCUT2D eigenvalue weighted by atomic mass is 16.1. The van der Waals surface area contributed by atoms with Gasteiger partial charge in [-0.25, -0.2) is 9.97 Å². The van der Waals surface area contributed by atoms with Crippen molar-refractivity contribution >= 4 is 5.91 Å². The van der Waals surface area contributed by atoms with Crippen molar-refractivity contribution in [2.75, 3.05) is 0 Å². The first kappa shape index (κ1) is 13.7. The van der Waals surface area contributed by atoms with E-state index in [1.165, 1.54) is 19.3 Å². The molecule has 0 atom stereocenters. The molecular weight excluding hydrogens is 262 g/mol. The van der Waals surface area contributed by atoms with Gasteiger partial charge in [-0.3, -0.25) is 4.79 Å². The van der Waals surface area contributed by atoms with Gasteiger partial charge in [0.15, 0.2) is 5.82 Å². The summed E-state index contributed by atoms with van der Waals surface area (Å²) in [5.41, 5.74) is 1.48. The van der Waals surface area contributed by atoms with E-state index in [0.717, 1.165) is 18.4 Å². The van der Waals surface area contributed by atoms with Crippen LogP contribution in [0, 0.1) is 0 Å². The summed E-state index contributed by atoms with van der Waals surface area (Å²) >= 11 is 0. The van der Waals surface area contributed by atoms with Crippen molar-refractivity contribution < 1.29 is 4.79 Å². The third-order valence-corrected chi connectivity index (χ3v) is 3.89. The highest BCUT2D eigenvalue weighted by molar-refractivity contribution is 5.93. The Bertz CT molecular complexity index is 589. The lowest BCUT2D eigenvalue weighted by Crippen LogP contribution is -2.36. The summed E-state index contributed by atoms with van der Waals surface area (Å²) in [5, 5.41) is 3.08. The molecule has 1 heterocycles. The van der Waals surface area contributed by atoms with Crippen molar-refractivity contribution in [3.05, 3.63) is 48.3 Å². The molecule has 1 fully saturated rings. The molecule has 1 aliphatic rings.